The summed E-state index contributed by atoms with van der Waals surface area (Å²) in [5, 5.41) is 7.32. The van der Waals surface area contributed by atoms with Crippen LogP contribution in [0.1, 0.15) is 17.4 Å². The van der Waals surface area contributed by atoms with Gasteiger partial charge in [-0.3, -0.25) is 0 Å². The summed E-state index contributed by atoms with van der Waals surface area (Å²) in [4.78, 5) is 4.13. The molecule has 0 spiro atoms. The van der Waals surface area contributed by atoms with E-state index in [-0.39, 0.29) is 6.04 Å². The number of hydrogen-bond donors (Lipinski definition) is 1. The van der Waals surface area contributed by atoms with Gasteiger partial charge in [0.15, 0.2) is 0 Å². The molecule has 0 aromatic carbocycles. The smallest absolute Gasteiger partial charge is 0.124 e. The second-order valence-corrected chi connectivity index (χ2v) is 3.32. The lowest BCUT2D eigenvalue weighted by Crippen LogP contribution is -2.33. The topological polar surface area (TPSA) is 55.9 Å². The van der Waals surface area contributed by atoms with E-state index in [2.05, 4.69) is 20.0 Å². The molecule has 14 heavy (non-hydrogen) atoms. The number of hydrogen-bond acceptors (Lipinski definition) is 4. The molecular weight excluding hydrogens is 180 g/mol. The third-order valence-corrected chi connectivity index (χ3v) is 2.49. The first-order chi connectivity index (χ1) is 6.95. The van der Waals surface area contributed by atoms with Crippen molar-refractivity contribution in [1.29, 1.82) is 0 Å². The molecule has 1 aliphatic heterocycles. The van der Waals surface area contributed by atoms with Crippen molar-refractivity contribution < 1.29 is 4.52 Å². The van der Waals surface area contributed by atoms with Gasteiger partial charge >= 0.3 is 0 Å². The van der Waals surface area contributed by atoms with E-state index in [1.807, 2.05) is 18.6 Å². The summed E-state index contributed by atoms with van der Waals surface area (Å²) in [6.45, 7) is 1.89. The summed E-state index contributed by atoms with van der Waals surface area (Å²) >= 11 is 0. The highest BCUT2D eigenvalue weighted by Gasteiger charge is 2.23. The number of nitrogens with zero attached hydrogens (tertiary/aromatic N) is 3. The van der Waals surface area contributed by atoms with Gasteiger partial charge in [0.25, 0.3) is 0 Å². The highest BCUT2D eigenvalue weighted by Crippen LogP contribution is 2.22. The Morgan fingerprint density at radius 1 is 1.57 bits per heavy atom. The van der Waals surface area contributed by atoms with Gasteiger partial charge in [-0.2, -0.15) is 0 Å². The van der Waals surface area contributed by atoms with Crippen LogP contribution in [-0.4, -0.2) is 21.3 Å². The third-order valence-electron chi connectivity index (χ3n) is 2.49. The van der Waals surface area contributed by atoms with Gasteiger partial charge in [0, 0.05) is 19.2 Å². The highest BCUT2D eigenvalue weighted by atomic mass is 16.5. The molecule has 3 rings (SSSR count). The highest BCUT2D eigenvalue weighted by molar-refractivity contribution is 5.20. The number of aromatic nitrogens is 3. The third kappa shape index (κ3) is 1.06. The second-order valence-electron chi connectivity index (χ2n) is 3.32. The maximum absolute atomic E-state index is 4.84. The lowest BCUT2D eigenvalue weighted by Gasteiger charge is -2.23. The molecule has 1 N–H and O–H groups in total. The molecule has 0 saturated heterocycles. The maximum Gasteiger partial charge on any atom is 0.124 e. The van der Waals surface area contributed by atoms with Crippen LogP contribution in [0.25, 0.3) is 0 Å². The van der Waals surface area contributed by atoms with E-state index in [4.69, 9.17) is 4.52 Å². The SMILES string of the molecule is c1cc(C2NCCn3cncc32)no1. The van der Waals surface area contributed by atoms with Crippen LogP contribution in [0.3, 0.4) is 0 Å². The molecule has 0 fully saturated rings. The van der Waals surface area contributed by atoms with Gasteiger partial charge < -0.3 is 14.4 Å². The van der Waals surface area contributed by atoms with Crippen molar-refractivity contribution in [2.24, 2.45) is 0 Å². The fourth-order valence-corrected chi connectivity index (χ4v) is 1.82. The standard InChI is InChI=1S/C9H10N4O/c1-4-14-12-7(1)9-8-5-10-6-13(8)3-2-11-9/h1,4-6,9,11H,2-3H2. The molecule has 1 unspecified atom stereocenters. The molecule has 0 saturated carbocycles. The molecular formula is C9H10N4O. The summed E-state index contributed by atoms with van der Waals surface area (Å²) < 4.78 is 6.97. The van der Waals surface area contributed by atoms with Crippen molar-refractivity contribution in [1.82, 2.24) is 20.0 Å². The Labute approximate surface area is 80.7 Å². The molecule has 0 radical (unpaired) electrons. The first-order valence-corrected chi connectivity index (χ1v) is 4.59. The normalized spacial score (nSPS) is 20.7. The first kappa shape index (κ1) is 7.75. The van der Waals surface area contributed by atoms with Crippen LogP contribution in [0.15, 0.2) is 29.4 Å². The minimum atomic E-state index is 0.116. The molecule has 2 aromatic heterocycles. The van der Waals surface area contributed by atoms with E-state index in [0.717, 1.165) is 24.5 Å². The Balaban J connectivity index is 2.04. The van der Waals surface area contributed by atoms with Gasteiger partial charge in [0.1, 0.15) is 12.0 Å². The Morgan fingerprint density at radius 2 is 2.57 bits per heavy atom. The largest absolute Gasteiger partial charge is 0.364 e. The van der Waals surface area contributed by atoms with Crippen molar-refractivity contribution in [3.05, 3.63) is 36.2 Å². The predicted molar refractivity (Wildman–Crippen MR) is 48.6 cm³/mol. The molecule has 0 amide bonds. The zero-order valence-corrected chi connectivity index (χ0v) is 7.55. The van der Waals surface area contributed by atoms with Crippen LogP contribution in [-0.2, 0) is 6.54 Å². The monoisotopic (exact) mass is 190 g/mol. The molecule has 0 bridgehead atoms. The summed E-state index contributed by atoms with van der Waals surface area (Å²) in [6, 6.07) is 1.99. The minimum absolute atomic E-state index is 0.116. The van der Waals surface area contributed by atoms with Crippen molar-refractivity contribution in [2.45, 2.75) is 12.6 Å². The fourth-order valence-electron chi connectivity index (χ4n) is 1.82. The van der Waals surface area contributed by atoms with Gasteiger partial charge in [-0.05, 0) is 0 Å². The van der Waals surface area contributed by atoms with Gasteiger partial charge in [-0.1, -0.05) is 5.16 Å². The first-order valence-electron chi connectivity index (χ1n) is 4.59. The van der Waals surface area contributed by atoms with Gasteiger partial charge in [-0.15, -0.1) is 0 Å². The molecule has 5 heteroatoms. The number of rotatable bonds is 1. The van der Waals surface area contributed by atoms with Gasteiger partial charge in [0.05, 0.1) is 24.3 Å². The average molecular weight is 190 g/mol. The van der Waals surface area contributed by atoms with Crippen molar-refractivity contribution >= 4 is 0 Å². The maximum atomic E-state index is 4.84. The van der Waals surface area contributed by atoms with Crippen molar-refractivity contribution in [2.75, 3.05) is 6.54 Å². The summed E-state index contributed by atoms with van der Waals surface area (Å²) in [5.41, 5.74) is 2.05. The Kier molecular flexibility index (Phi) is 1.63. The van der Waals surface area contributed by atoms with Crippen LogP contribution in [0, 0.1) is 0 Å². The van der Waals surface area contributed by atoms with E-state index < -0.39 is 0 Å². The molecule has 1 aliphatic rings. The quantitative estimate of drug-likeness (QED) is 0.714. The number of fused-ring (bicyclic) bond motifs is 1. The molecule has 1 atom stereocenters. The molecule has 2 aromatic rings. The van der Waals surface area contributed by atoms with Crippen molar-refractivity contribution in [3.63, 3.8) is 0 Å². The lowest BCUT2D eigenvalue weighted by atomic mass is 10.1. The van der Waals surface area contributed by atoms with E-state index in [1.54, 1.807) is 6.26 Å². The zero-order chi connectivity index (χ0) is 9.38. The van der Waals surface area contributed by atoms with Crippen LogP contribution in [0.2, 0.25) is 0 Å². The molecule has 0 aliphatic carbocycles. The predicted octanol–water partition coefficient (Wildman–Crippen LogP) is 0.564. The Hall–Kier alpha value is -1.62. The van der Waals surface area contributed by atoms with Crippen LogP contribution < -0.4 is 5.32 Å². The van der Waals surface area contributed by atoms with Gasteiger partial charge in [-0.25, -0.2) is 4.98 Å². The Bertz CT molecular complexity index is 420. The van der Waals surface area contributed by atoms with E-state index in [1.165, 1.54) is 0 Å². The average Bonchev–Trinajstić information content (AvgIpc) is 2.88. The summed E-state index contributed by atoms with van der Waals surface area (Å²) in [5.74, 6) is 0. The van der Waals surface area contributed by atoms with Crippen LogP contribution in [0.5, 0.6) is 0 Å². The molecule has 5 nitrogen and oxygen atoms in total. The van der Waals surface area contributed by atoms with E-state index in [0.29, 0.717) is 0 Å². The molecule has 3 heterocycles. The summed E-state index contributed by atoms with van der Waals surface area (Å²) in [7, 11) is 0. The second kappa shape index (κ2) is 2.95. The minimum Gasteiger partial charge on any atom is -0.364 e. The Morgan fingerprint density at radius 3 is 3.43 bits per heavy atom. The fraction of sp³-hybridized carbons (Fsp3) is 0.333. The van der Waals surface area contributed by atoms with Gasteiger partial charge in [0.2, 0.25) is 0 Å². The summed E-state index contributed by atoms with van der Waals surface area (Å²) in [6.07, 6.45) is 5.31. The zero-order valence-electron chi connectivity index (χ0n) is 7.55. The van der Waals surface area contributed by atoms with Crippen LogP contribution in [0.4, 0.5) is 0 Å². The van der Waals surface area contributed by atoms with Crippen LogP contribution >= 0.6 is 0 Å². The number of imidazole rings is 1. The van der Waals surface area contributed by atoms with E-state index in [9.17, 15) is 0 Å². The van der Waals surface area contributed by atoms with Crippen molar-refractivity contribution in [3.8, 4) is 0 Å². The lowest BCUT2D eigenvalue weighted by molar-refractivity contribution is 0.389. The number of nitrogens with one attached hydrogen (secondary N) is 1. The van der Waals surface area contributed by atoms with E-state index >= 15 is 0 Å². The molecule has 72 valence electrons.